The minimum absolute atomic E-state index is 0.181. The molecule has 1 unspecified atom stereocenters. The number of aliphatic hydroxyl groups is 1. The van der Waals surface area contributed by atoms with E-state index in [2.05, 4.69) is 45.6 Å². The zero-order chi connectivity index (χ0) is 23.4. The monoisotopic (exact) mass is 451 g/mol. The smallest absolute Gasteiger partial charge is 0.324 e. The highest BCUT2D eigenvalue weighted by Crippen LogP contribution is 2.50. The Balaban J connectivity index is 1.54. The molecule has 0 spiro atoms. The van der Waals surface area contributed by atoms with Gasteiger partial charge in [0, 0.05) is 50.7 Å². The molecule has 33 heavy (non-hydrogen) atoms. The van der Waals surface area contributed by atoms with Crippen molar-refractivity contribution >= 4 is 17.8 Å². The van der Waals surface area contributed by atoms with Gasteiger partial charge in [-0.25, -0.2) is 4.99 Å². The first-order valence-corrected chi connectivity index (χ1v) is 11.4. The SMILES string of the molecule is C=C(N)N=C/C(=C\N)c1ccc(C(C)(c2noc(N3CCN(CCO)CC3)n2)C2CC2)cc1. The fourth-order valence-corrected chi connectivity index (χ4v) is 4.44. The molecule has 9 nitrogen and oxygen atoms in total. The topological polar surface area (TPSA) is 130 Å². The van der Waals surface area contributed by atoms with Crippen molar-refractivity contribution in [1.82, 2.24) is 15.0 Å². The molecule has 0 amide bonds. The Morgan fingerprint density at radius 2 is 1.97 bits per heavy atom. The van der Waals surface area contributed by atoms with Crippen LogP contribution in [-0.2, 0) is 5.41 Å². The lowest BCUT2D eigenvalue weighted by Crippen LogP contribution is -2.47. The van der Waals surface area contributed by atoms with Crippen LogP contribution in [0, 0.1) is 5.92 Å². The summed E-state index contributed by atoms with van der Waals surface area (Å²) in [6, 6.07) is 8.84. The lowest BCUT2D eigenvalue weighted by molar-refractivity contribution is 0.186. The summed E-state index contributed by atoms with van der Waals surface area (Å²) < 4.78 is 5.71. The Morgan fingerprint density at radius 3 is 2.55 bits per heavy atom. The van der Waals surface area contributed by atoms with Gasteiger partial charge in [0.1, 0.15) is 5.82 Å². The van der Waals surface area contributed by atoms with Gasteiger partial charge < -0.3 is 26.0 Å². The van der Waals surface area contributed by atoms with Crippen molar-refractivity contribution in [3.05, 3.63) is 59.8 Å². The molecule has 2 fully saturated rings. The predicted molar refractivity (Wildman–Crippen MR) is 130 cm³/mol. The lowest BCUT2D eigenvalue weighted by atomic mass is 9.76. The second-order valence-corrected chi connectivity index (χ2v) is 8.88. The first kappa shape index (κ1) is 23.0. The molecular weight excluding hydrogens is 418 g/mol. The minimum Gasteiger partial charge on any atom is -0.404 e. The van der Waals surface area contributed by atoms with Crippen LogP contribution in [0.1, 0.15) is 36.7 Å². The first-order chi connectivity index (χ1) is 16.0. The molecule has 5 N–H and O–H groups in total. The van der Waals surface area contributed by atoms with Crippen molar-refractivity contribution < 1.29 is 9.63 Å². The molecule has 0 bridgehead atoms. The summed E-state index contributed by atoms with van der Waals surface area (Å²) in [4.78, 5) is 13.3. The van der Waals surface area contributed by atoms with Crippen LogP contribution in [0.4, 0.5) is 6.01 Å². The average Bonchev–Trinajstić information content (AvgIpc) is 3.57. The summed E-state index contributed by atoms with van der Waals surface area (Å²) in [7, 11) is 0. The number of benzene rings is 1. The van der Waals surface area contributed by atoms with E-state index in [1.165, 1.54) is 6.20 Å². The third-order valence-electron chi connectivity index (χ3n) is 6.70. The largest absolute Gasteiger partial charge is 0.404 e. The molecule has 176 valence electrons. The van der Waals surface area contributed by atoms with Crippen LogP contribution in [0.5, 0.6) is 0 Å². The number of anilines is 1. The van der Waals surface area contributed by atoms with E-state index in [9.17, 15) is 0 Å². The molecule has 9 heteroatoms. The maximum absolute atomic E-state index is 9.15. The fourth-order valence-electron chi connectivity index (χ4n) is 4.44. The second-order valence-electron chi connectivity index (χ2n) is 8.88. The highest BCUT2D eigenvalue weighted by Gasteiger charge is 2.47. The summed E-state index contributed by atoms with van der Waals surface area (Å²) in [5.74, 6) is 1.43. The minimum atomic E-state index is -0.328. The molecule has 2 heterocycles. The number of β-amino-alcohol motifs (C(OH)–C–C–N with tert-alkyl or cyclic N) is 1. The number of hydrogen-bond acceptors (Lipinski definition) is 9. The van der Waals surface area contributed by atoms with E-state index in [0.717, 1.165) is 61.5 Å². The molecule has 2 aliphatic rings. The number of allylic oxidation sites excluding steroid dienone is 1. The normalized spacial score (nSPS) is 19.7. The van der Waals surface area contributed by atoms with E-state index in [1.807, 2.05) is 12.1 Å². The summed E-state index contributed by atoms with van der Waals surface area (Å²) in [5, 5.41) is 13.6. The van der Waals surface area contributed by atoms with Gasteiger partial charge in [0.25, 0.3) is 0 Å². The van der Waals surface area contributed by atoms with Gasteiger partial charge in [0.2, 0.25) is 0 Å². The van der Waals surface area contributed by atoms with Crippen LogP contribution in [0.3, 0.4) is 0 Å². The standard InChI is InChI=1S/C24H33N7O2/c1-17(26)27-16-19(15-25)18-3-5-20(6-4-18)24(2,21-7-8-21)22-28-23(33-29-22)31-11-9-30(10-12-31)13-14-32/h3-6,15-16,21,32H,1,7-14,25-26H2,2H3/b19-15+,27-16?. The molecule has 1 saturated carbocycles. The molecule has 1 aliphatic carbocycles. The number of aliphatic imine (C=N–C) groups is 1. The van der Waals surface area contributed by atoms with E-state index in [0.29, 0.717) is 18.5 Å². The van der Waals surface area contributed by atoms with Gasteiger partial charge in [-0.15, -0.1) is 0 Å². The molecule has 0 radical (unpaired) electrons. The highest BCUT2D eigenvalue weighted by molar-refractivity contribution is 6.09. The fraction of sp³-hybridized carbons (Fsp3) is 0.458. The molecule has 1 aromatic heterocycles. The number of rotatable bonds is 9. The lowest BCUT2D eigenvalue weighted by Gasteiger charge is -2.33. The zero-order valence-electron chi connectivity index (χ0n) is 19.2. The Kier molecular flexibility index (Phi) is 6.80. The van der Waals surface area contributed by atoms with Crippen LogP contribution < -0.4 is 16.4 Å². The van der Waals surface area contributed by atoms with Crippen molar-refractivity contribution in [3.8, 4) is 0 Å². The number of nitrogens with zero attached hydrogens (tertiary/aromatic N) is 5. The van der Waals surface area contributed by atoms with Gasteiger partial charge in [0.15, 0.2) is 5.82 Å². The molecular formula is C24H33N7O2. The number of nitrogens with two attached hydrogens (primary N) is 2. The van der Waals surface area contributed by atoms with Gasteiger partial charge in [-0.1, -0.05) is 36.0 Å². The summed E-state index contributed by atoms with van der Waals surface area (Å²) in [5.41, 5.74) is 13.8. The van der Waals surface area contributed by atoms with Gasteiger partial charge in [-0.3, -0.25) is 4.90 Å². The molecule has 4 rings (SSSR count). The van der Waals surface area contributed by atoms with Crippen molar-refractivity contribution in [2.45, 2.75) is 25.2 Å². The van der Waals surface area contributed by atoms with Gasteiger partial charge in [-0.05, 0) is 36.8 Å². The number of hydrogen-bond donors (Lipinski definition) is 3. The summed E-state index contributed by atoms with van der Waals surface area (Å²) in [6.45, 7) is 10.0. The number of piperazine rings is 1. The van der Waals surface area contributed by atoms with Crippen LogP contribution in [-0.4, -0.2) is 65.7 Å². The molecule has 2 aromatic rings. The first-order valence-electron chi connectivity index (χ1n) is 11.4. The Hall–Kier alpha value is -3.17. The summed E-state index contributed by atoms with van der Waals surface area (Å²) >= 11 is 0. The van der Waals surface area contributed by atoms with Crippen LogP contribution in [0.25, 0.3) is 5.57 Å². The van der Waals surface area contributed by atoms with Crippen LogP contribution >= 0.6 is 0 Å². The number of aromatic nitrogens is 2. The van der Waals surface area contributed by atoms with E-state index in [-0.39, 0.29) is 17.8 Å². The van der Waals surface area contributed by atoms with Crippen molar-refractivity contribution in [1.29, 1.82) is 0 Å². The zero-order valence-corrected chi connectivity index (χ0v) is 19.2. The highest BCUT2D eigenvalue weighted by atomic mass is 16.5. The number of aliphatic hydroxyl groups excluding tert-OH is 1. The third kappa shape index (κ3) is 4.94. The van der Waals surface area contributed by atoms with E-state index in [4.69, 9.17) is 26.1 Å². The maximum Gasteiger partial charge on any atom is 0.324 e. The maximum atomic E-state index is 9.15. The van der Waals surface area contributed by atoms with Crippen molar-refractivity contribution in [2.75, 3.05) is 44.2 Å². The summed E-state index contributed by atoms with van der Waals surface area (Å²) in [6.07, 6.45) is 5.40. The average molecular weight is 452 g/mol. The van der Waals surface area contributed by atoms with Gasteiger partial charge in [-0.2, -0.15) is 4.98 Å². The van der Waals surface area contributed by atoms with E-state index >= 15 is 0 Å². The van der Waals surface area contributed by atoms with Crippen molar-refractivity contribution in [2.24, 2.45) is 22.4 Å². The van der Waals surface area contributed by atoms with E-state index < -0.39 is 0 Å². The van der Waals surface area contributed by atoms with Gasteiger partial charge in [0.05, 0.1) is 12.0 Å². The molecule has 1 atom stereocenters. The third-order valence-corrected chi connectivity index (χ3v) is 6.70. The van der Waals surface area contributed by atoms with Crippen molar-refractivity contribution in [3.63, 3.8) is 0 Å². The quantitative estimate of drug-likeness (QED) is 0.491. The van der Waals surface area contributed by atoms with Crippen LogP contribution in [0.15, 0.2) is 52.4 Å². The molecule has 1 aliphatic heterocycles. The second kappa shape index (κ2) is 9.76. The molecule has 1 aromatic carbocycles. The Morgan fingerprint density at radius 1 is 1.27 bits per heavy atom. The Bertz CT molecular complexity index is 1020. The predicted octanol–water partition coefficient (Wildman–Crippen LogP) is 1.70. The van der Waals surface area contributed by atoms with E-state index in [1.54, 1.807) is 6.21 Å². The van der Waals surface area contributed by atoms with Gasteiger partial charge >= 0.3 is 6.01 Å². The van der Waals surface area contributed by atoms with Crippen LogP contribution in [0.2, 0.25) is 0 Å². The molecule has 1 saturated heterocycles. The Labute approximate surface area is 194 Å².